The number of hydrogen-bond donors (Lipinski definition) is 1. The Morgan fingerprint density at radius 1 is 1.27 bits per heavy atom. The van der Waals surface area contributed by atoms with Gasteiger partial charge >= 0.3 is 0 Å². The number of carbonyl (C=O) groups is 2. The molecule has 3 fully saturated rings. The highest BCUT2D eigenvalue weighted by Crippen LogP contribution is 2.32. The second-order valence-electron chi connectivity index (χ2n) is 4.53. The van der Waals surface area contributed by atoms with Crippen LogP contribution in [0, 0.1) is 0 Å². The van der Waals surface area contributed by atoms with Gasteiger partial charge in [-0.15, -0.1) is 0 Å². The van der Waals surface area contributed by atoms with Crippen molar-refractivity contribution in [2.75, 3.05) is 19.6 Å². The zero-order valence-corrected chi connectivity index (χ0v) is 8.61. The number of nitrogens with zero attached hydrogens (tertiary/aromatic N) is 2. The minimum atomic E-state index is -0.0303. The summed E-state index contributed by atoms with van der Waals surface area (Å²) in [6.07, 6.45) is 3.18. The summed E-state index contributed by atoms with van der Waals surface area (Å²) in [5.74, 6) is 0.101. The summed E-state index contributed by atoms with van der Waals surface area (Å²) in [5.41, 5.74) is 0. The topological polar surface area (TPSA) is 52.7 Å². The van der Waals surface area contributed by atoms with Crippen molar-refractivity contribution in [3.05, 3.63) is 0 Å². The first-order chi connectivity index (χ1) is 7.25. The van der Waals surface area contributed by atoms with Crippen LogP contribution in [0.5, 0.6) is 0 Å². The van der Waals surface area contributed by atoms with E-state index in [4.69, 9.17) is 0 Å². The van der Waals surface area contributed by atoms with E-state index >= 15 is 0 Å². The monoisotopic (exact) mass is 209 g/mol. The summed E-state index contributed by atoms with van der Waals surface area (Å²) in [7, 11) is 0. The van der Waals surface area contributed by atoms with Crippen LogP contribution in [-0.2, 0) is 9.59 Å². The van der Waals surface area contributed by atoms with Crippen molar-refractivity contribution >= 4 is 11.8 Å². The Kier molecular flexibility index (Phi) is 1.95. The average Bonchev–Trinajstić information content (AvgIpc) is 3.03. The quantitative estimate of drug-likeness (QED) is 0.611. The molecular weight excluding hydrogens is 194 g/mol. The highest BCUT2D eigenvalue weighted by Gasteiger charge is 2.43. The van der Waals surface area contributed by atoms with Gasteiger partial charge in [0.05, 0.1) is 6.54 Å². The van der Waals surface area contributed by atoms with Gasteiger partial charge in [-0.05, 0) is 12.8 Å². The normalized spacial score (nSPS) is 32.5. The summed E-state index contributed by atoms with van der Waals surface area (Å²) in [6, 6.07) is 0.653. The maximum atomic E-state index is 11.7. The zero-order chi connectivity index (χ0) is 10.4. The van der Waals surface area contributed by atoms with Crippen molar-refractivity contribution in [3.8, 4) is 0 Å². The predicted octanol–water partition coefficient (Wildman–Crippen LogP) is -0.861. The molecule has 2 heterocycles. The molecule has 1 unspecified atom stereocenters. The van der Waals surface area contributed by atoms with Gasteiger partial charge in [-0.2, -0.15) is 0 Å². The fourth-order valence-corrected chi connectivity index (χ4v) is 2.53. The van der Waals surface area contributed by atoms with E-state index < -0.39 is 0 Å². The molecule has 0 spiro atoms. The van der Waals surface area contributed by atoms with Crippen LogP contribution < -0.4 is 5.32 Å². The molecule has 2 saturated heterocycles. The van der Waals surface area contributed by atoms with Gasteiger partial charge in [0.25, 0.3) is 0 Å². The molecule has 2 aliphatic heterocycles. The summed E-state index contributed by atoms with van der Waals surface area (Å²) in [4.78, 5) is 27.0. The molecule has 82 valence electrons. The molecule has 5 nitrogen and oxygen atoms in total. The molecule has 0 aromatic rings. The van der Waals surface area contributed by atoms with E-state index in [9.17, 15) is 9.59 Å². The van der Waals surface area contributed by atoms with E-state index in [1.54, 1.807) is 4.90 Å². The van der Waals surface area contributed by atoms with Gasteiger partial charge in [-0.1, -0.05) is 0 Å². The minimum Gasteiger partial charge on any atom is -0.351 e. The second-order valence-corrected chi connectivity index (χ2v) is 4.53. The standard InChI is InChI=1S/C10H15N3O2/c14-8-6-13-9(5-11-8)12(7-1-2-7)4-3-10(13)15/h7,9H,1-6H2,(H,11,14). The Balaban J connectivity index is 1.80. The Bertz CT molecular complexity index is 314. The minimum absolute atomic E-state index is 0.0303. The first kappa shape index (κ1) is 9.15. The van der Waals surface area contributed by atoms with Crippen LogP contribution >= 0.6 is 0 Å². The van der Waals surface area contributed by atoms with Gasteiger partial charge < -0.3 is 10.2 Å². The van der Waals surface area contributed by atoms with Crippen LogP contribution in [0.4, 0.5) is 0 Å². The number of hydrogen-bond acceptors (Lipinski definition) is 3. The molecular formula is C10H15N3O2. The SMILES string of the molecule is O=C1CN2C(=O)CCN(C3CC3)C2CN1. The van der Waals surface area contributed by atoms with Crippen molar-refractivity contribution < 1.29 is 9.59 Å². The molecule has 1 N–H and O–H groups in total. The van der Waals surface area contributed by atoms with Crippen LogP contribution in [0.15, 0.2) is 0 Å². The fourth-order valence-electron chi connectivity index (χ4n) is 2.53. The number of rotatable bonds is 1. The third-order valence-electron chi connectivity index (χ3n) is 3.46. The van der Waals surface area contributed by atoms with Crippen LogP contribution in [0.25, 0.3) is 0 Å². The lowest BCUT2D eigenvalue weighted by atomic mass is 10.1. The van der Waals surface area contributed by atoms with Crippen molar-refractivity contribution in [1.82, 2.24) is 15.1 Å². The second kappa shape index (κ2) is 3.20. The molecule has 0 aromatic heterocycles. The van der Waals surface area contributed by atoms with E-state index in [1.165, 1.54) is 12.8 Å². The molecule has 15 heavy (non-hydrogen) atoms. The lowest BCUT2D eigenvalue weighted by Gasteiger charge is -2.46. The largest absolute Gasteiger partial charge is 0.351 e. The molecule has 0 bridgehead atoms. The third-order valence-corrected chi connectivity index (χ3v) is 3.46. The van der Waals surface area contributed by atoms with Gasteiger partial charge in [-0.3, -0.25) is 14.5 Å². The third kappa shape index (κ3) is 1.51. The smallest absolute Gasteiger partial charge is 0.239 e. The fraction of sp³-hybridized carbons (Fsp3) is 0.800. The highest BCUT2D eigenvalue weighted by atomic mass is 16.2. The van der Waals surface area contributed by atoms with E-state index in [2.05, 4.69) is 10.2 Å². The van der Waals surface area contributed by atoms with Gasteiger partial charge in [0.2, 0.25) is 11.8 Å². The zero-order valence-electron chi connectivity index (χ0n) is 8.61. The molecule has 3 rings (SSSR count). The van der Waals surface area contributed by atoms with Gasteiger partial charge in [0.15, 0.2) is 0 Å². The average molecular weight is 209 g/mol. The van der Waals surface area contributed by atoms with Crippen molar-refractivity contribution in [3.63, 3.8) is 0 Å². The Hall–Kier alpha value is -1.10. The van der Waals surface area contributed by atoms with Gasteiger partial charge in [0.1, 0.15) is 12.7 Å². The van der Waals surface area contributed by atoms with E-state index in [-0.39, 0.29) is 24.5 Å². The molecule has 5 heteroatoms. The molecule has 1 atom stereocenters. The number of fused-ring (bicyclic) bond motifs is 1. The summed E-state index contributed by atoms with van der Waals surface area (Å²) in [6.45, 7) is 1.70. The maximum absolute atomic E-state index is 11.7. The lowest BCUT2D eigenvalue weighted by Crippen LogP contribution is -2.66. The summed E-state index contributed by atoms with van der Waals surface area (Å²) in [5, 5.41) is 2.84. The Morgan fingerprint density at radius 3 is 2.80 bits per heavy atom. The molecule has 0 radical (unpaired) electrons. The maximum Gasteiger partial charge on any atom is 0.239 e. The van der Waals surface area contributed by atoms with Crippen LogP contribution in [0.3, 0.4) is 0 Å². The summed E-state index contributed by atoms with van der Waals surface area (Å²) >= 11 is 0. The predicted molar refractivity (Wildman–Crippen MR) is 52.9 cm³/mol. The molecule has 1 saturated carbocycles. The Morgan fingerprint density at radius 2 is 2.07 bits per heavy atom. The highest BCUT2D eigenvalue weighted by molar-refractivity contribution is 5.86. The molecule has 0 aromatic carbocycles. The number of amides is 2. The summed E-state index contributed by atoms with van der Waals surface area (Å²) < 4.78 is 0. The first-order valence-corrected chi connectivity index (χ1v) is 5.57. The van der Waals surface area contributed by atoms with E-state index in [0.717, 1.165) is 6.54 Å². The number of carbonyl (C=O) groups excluding carboxylic acids is 2. The Labute approximate surface area is 88.4 Å². The van der Waals surface area contributed by atoms with Crippen LogP contribution in [-0.4, -0.2) is 53.5 Å². The first-order valence-electron chi connectivity index (χ1n) is 5.57. The number of piperazine rings is 1. The van der Waals surface area contributed by atoms with Crippen LogP contribution in [0.1, 0.15) is 19.3 Å². The lowest BCUT2D eigenvalue weighted by molar-refractivity contribution is -0.153. The van der Waals surface area contributed by atoms with Crippen molar-refractivity contribution in [2.45, 2.75) is 31.5 Å². The molecule has 3 aliphatic rings. The van der Waals surface area contributed by atoms with Gasteiger partial charge in [0, 0.05) is 19.0 Å². The van der Waals surface area contributed by atoms with Crippen LogP contribution in [0.2, 0.25) is 0 Å². The van der Waals surface area contributed by atoms with Gasteiger partial charge in [-0.25, -0.2) is 0 Å². The molecule has 1 aliphatic carbocycles. The van der Waals surface area contributed by atoms with E-state index in [1.807, 2.05) is 0 Å². The van der Waals surface area contributed by atoms with Crippen molar-refractivity contribution in [2.24, 2.45) is 0 Å². The van der Waals surface area contributed by atoms with E-state index in [0.29, 0.717) is 19.0 Å². The molecule has 2 amide bonds. The number of nitrogens with one attached hydrogen (secondary N) is 1. The van der Waals surface area contributed by atoms with Crippen molar-refractivity contribution in [1.29, 1.82) is 0 Å².